The quantitative estimate of drug-likeness (QED) is 0.463. The van der Waals surface area contributed by atoms with Gasteiger partial charge in [-0.25, -0.2) is 0 Å². The van der Waals surface area contributed by atoms with Gasteiger partial charge in [-0.3, -0.25) is 24.8 Å². The second-order valence-corrected chi connectivity index (χ2v) is 8.25. The van der Waals surface area contributed by atoms with Crippen molar-refractivity contribution in [2.24, 2.45) is 15.6 Å². The summed E-state index contributed by atoms with van der Waals surface area (Å²) in [5.41, 5.74) is 1.93. The van der Waals surface area contributed by atoms with Crippen LogP contribution in [0.2, 0.25) is 0 Å². The van der Waals surface area contributed by atoms with Crippen molar-refractivity contribution in [3.8, 4) is 5.75 Å². The van der Waals surface area contributed by atoms with Crippen molar-refractivity contribution in [2.45, 2.75) is 0 Å². The Morgan fingerprint density at radius 1 is 1.03 bits per heavy atom. The van der Waals surface area contributed by atoms with E-state index in [1.54, 1.807) is 0 Å². The molecule has 154 valence electrons. The molecule has 4 aliphatic rings. The predicted molar refractivity (Wildman–Crippen MR) is 112 cm³/mol. The third-order valence-electron chi connectivity index (χ3n) is 5.90. The first kappa shape index (κ1) is 18.9. The first-order chi connectivity index (χ1) is 14.5. The summed E-state index contributed by atoms with van der Waals surface area (Å²) in [5.74, 6) is -0.0704. The zero-order valence-electron chi connectivity index (χ0n) is 16.4. The maximum atomic E-state index is 11.0. The van der Waals surface area contributed by atoms with Crippen LogP contribution in [-0.4, -0.2) is 76.3 Å². The van der Waals surface area contributed by atoms with E-state index >= 15 is 0 Å². The summed E-state index contributed by atoms with van der Waals surface area (Å²) < 4.78 is 0. The molecule has 9 heteroatoms. The Balaban J connectivity index is 1.52. The van der Waals surface area contributed by atoms with Gasteiger partial charge in [0.25, 0.3) is 5.69 Å². The lowest BCUT2D eigenvalue weighted by molar-refractivity contribution is -0.384. The van der Waals surface area contributed by atoms with Crippen LogP contribution in [0.5, 0.6) is 5.75 Å². The maximum absolute atomic E-state index is 11.0. The summed E-state index contributed by atoms with van der Waals surface area (Å²) in [6.45, 7) is 5.70. The van der Waals surface area contributed by atoms with Crippen LogP contribution in [0.25, 0.3) is 0 Å². The number of benzene rings is 2. The van der Waals surface area contributed by atoms with Gasteiger partial charge in [-0.2, -0.15) is 10.2 Å². The number of non-ortho nitro benzene ring substituents is 1. The van der Waals surface area contributed by atoms with Gasteiger partial charge in [-0.1, -0.05) is 30.3 Å². The number of aromatic hydroxyl groups is 1. The number of nitrogens with zero attached hydrogens (tertiary/aromatic N) is 6. The average molecular weight is 406 g/mol. The van der Waals surface area contributed by atoms with Crippen molar-refractivity contribution in [2.75, 3.05) is 39.6 Å². The SMILES string of the molecule is O=[N+]([O-])c1ccc(O)c(C=NN=C(c2ccccc2)C23CN4CN(CN(C4)C2)C3)c1. The zero-order valence-corrected chi connectivity index (χ0v) is 16.4. The summed E-state index contributed by atoms with van der Waals surface area (Å²) in [5, 5.41) is 30.0. The highest BCUT2D eigenvalue weighted by Crippen LogP contribution is 2.38. The van der Waals surface area contributed by atoms with Crippen LogP contribution in [0.15, 0.2) is 58.7 Å². The molecule has 30 heavy (non-hydrogen) atoms. The van der Waals surface area contributed by atoms with Crippen LogP contribution in [0, 0.1) is 15.5 Å². The van der Waals surface area contributed by atoms with Gasteiger partial charge >= 0.3 is 0 Å². The van der Waals surface area contributed by atoms with Gasteiger partial charge in [0.05, 0.1) is 42.3 Å². The third kappa shape index (κ3) is 3.36. The van der Waals surface area contributed by atoms with E-state index in [0.717, 1.165) is 50.9 Å². The molecule has 0 saturated carbocycles. The van der Waals surface area contributed by atoms with Gasteiger partial charge < -0.3 is 5.11 Å². The molecule has 0 amide bonds. The number of nitro groups is 1. The molecule has 9 nitrogen and oxygen atoms in total. The Labute approximate surface area is 173 Å². The third-order valence-corrected chi connectivity index (χ3v) is 5.90. The summed E-state index contributed by atoms with van der Waals surface area (Å²) in [6, 6.07) is 13.9. The van der Waals surface area contributed by atoms with Gasteiger partial charge in [0.2, 0.25) is 0 Å². The molecule has 0 radical (unpaired) electrons. The smallest absolute Gasteiger partial charge is 0.270 e. The Hall–Kier alpha value is -3.14. The summed E-state index contributed by atoms with van der Waals surface area (Å²) >= 11 is 0. The second-order valence-electron chi connectivity index (χ2n) is 8.25. The number of phenols is 1. The predicted octanol–water partition coefficient (Wildman–Crippen LogP) is 1.93. The van der Waals surface area contributed by atoms with Crippen LogP contribution in [0.4, 0.5) is 5.69 Å². The molecule has 4 aliphatic heterocycles. The van der Waals surface area contributed by atoms with Crippen LogP contribution in [0.1, 0.15) is 11.1 Å². The van der Waals surface area contributed by atoms with Crippen molar-refractivity contribution in [1.82, 2.24) is 14.7 Å². The minimum absolute atomic E-state index is 0.0704. The molecule has 6 rings (SSSR count). The highest BCUT2D eigenvalue weighted by atomic mass is 16.6. The minimum Gasteiger partial charge on any atom is -0.507 e. The maximum Gasteiger partial charge on any atom is 0.270 e. The minimum atomic E-state index is -0.498. The molecule has 4 bridgehead atoms. The molecule has 1 N–H and O–H groups in total. The molecule has 2 aromatic carbocycles. The number of hydrogen-bond donors (Lipinski definition) is 1. The van der Waals surface area contributed by atoms with Crippen molar-refractivity contribution < 1.29 is 10.0 Å². The molecular weight excluding hydrogens is 384 g/mol. The van der Waals surface area contributed by atoms with E-state index in [1.165, 1.54) is 24.4 Å². The lowest BCUT2D eigenvalue weighted by atomic mass is 9.74. The van der Waals surface area contributed by atoms with E-state index in [-0.39, 0.29) is 22.4 Å². The van der Waals surface area contributed by atoms with Crippen molar-refractivity contribution in [3.05, 3.63) is 69.8 Å². The fraction of sp³-hybridized carbons (Fsp3) is 0.333. The zero-order chi connectivity index (χ0) is 20.7. The summed E-state index contributed by atoms with van der Waals surface area (Å²) in [6.07, 6.45) is 1.38. The monoisotopic (exact) mass is 406 g/mol. The second kappa shape index (κ2) is 7.28. The van der Waals surface area contributed by atoms with Gasteiger partial charge in [0.15, 0.2) is 0 Å². The number of rotatable bonds is 5. The molecule has 4 saturated heterocycles. The van der Waals surface area contributed by atoms with Crippen molar-refractivity contribution in [1.29, 1.82) is 0 Å². The number of nitro benzene ring substituents is 1. The van der Waals surface area contributed by atoms with Crippen molar-refractivity contribution in [3.63, 3.8) is 0 Å². The fourth-order valence-electron chi connectivity index (χ4n) is 4.92. The van der Waals surface area contributed by atoms with Gasteiger partial charge in [-0.15, -0.1) is 0 Å². The van der Waals surface area contributed by atoms with Crippen molar-refractivity contribution >= 4 is 17.6 Å². The molecule has 0 aliphatic carbocycles. The molecule has 2 aromatic rings. The van der Waals surface area contributed by atoms with Crippen LogP contribution >= 0.6 is 0 Å². The summed E-state index contributed by atoms with van der Waals surface area (Å²) in [7, 11) is 0. The van der Waals surface area contributed by atoms with Crippen LogP contribution in [0.3, 0.4) is 0 Å². The molecular formula is C21H22N6O3. The summed E-state index contributed by atoms with van der Waals surface area (Å²) in [4.78, 5) is 17.8. The molecule has 4 heterocycles. The van der Waals surface area contributed by atoms with Gasteiger partial charge in [0, 0.05) is 37.3 Å². The lowest BCUT2D eigenvalue weighted by Crippen LogP contribution is -2.74. The van der Waals surface area contributed by atoms with Crippen LogP contribution < -0.4 is 0 Å². The van der Waals surface area contributed by atoms with E-state index in [9.17, 15) is 15.2 Å². The van der Waals surface area contributed by atoms with E-state index in [2.05, 4.69) is 24.9 Å². The van der Waals surface area contributed by atoms with E-state index < -0.39 is 4.92 Å². The Morgan fingerprint density at radius 3 is 2.27 bits per heavy atom. The Kier molecular flexibility index (Phi) is 4.58. The van der Waals surface area contributed by atoms with Gasteiger partial charge in [0.1, 0.15) is 5.75 Å². The molecule has 0 atom stereocenters. The Bertz CT molecular complexity index is 1000. The van der Waals surface area contributed by atoms with Crippen LogP contribution in [-0.2, 0) is 0 Å². The molecule has 0 spiro atoms. The first-order valence-electron chi connectivity index (χ1n) is 9.84. The normalized spacial score (nSPS) is 30.1. The fourth-order valence-corrected chi connectivity index (χ4v) is 4.92. The standard InChI is InChI=1S/C21H22N6O3/c28-19-7-6-18(27(29)30)8-17(19)9-22-23-20(16-4-2-1-3-5-16)21-10-24-13-25(11-21)15-26(12-21)14-24/h1-9,28H,10-15H2. The number of phenolic OH excluding ortho intramolecular Hbond substituents is 1. The topological polar surface area (TPSA) is 97.8 Å². The first-order valence-corrected chi connectivity index (χ1v) is 9.84. The lowest BCUT2D eigenvalue weighted by Gasteiger charge is -2.60. The average Bonchev–Trinajstić information content (AvgIpc) is 2.71. The van der Waals surface area contributed by atoms with E-state index in [1.807, 2.05) is 30.3 Å². The molecule has 4 fully saturated rings. The molecule has 0 aromatic heterocycles. The molecule has 0 unspecified atom stereocenters. The highest BCUT2D eigenvalue weighted by Gasteiger charge is 2.51. The van der Waals surface area contributed by atoms with Gasteiger partial charge in [-0.05, 0) is 11.6 Å². The largest absolute Gasteiger partial charge is 0.507 e. The van der Waals surface area contributed by atoms with E-state index in [0.29, 0.717) is 0 Å². The van der Waals surface area contributed by atoms with E-state index in [4.69, 9.17) is 0 Å². The Morgan fingerprint density at radius 2 is 1.67 bits per heavy atom. The highest BCUT2D eigenvalue weighted by molar-refractivity contribution is 6.05. The number of hydrogen-bond acceptors (Lipinski definition) is 8.